The molecular formula is C20H20FNO5S. The Labute approximate surface area is 166 Å². The average molecular weight is 405 g/mol. The molecule has 0 spiro atoms. The van der Waals surface area contributed by atoms with Crippen LogP contribution in [0.1, 0.15) is 23.7 Å². The third kappa shape index (κ3) is 7.03. The van der Waals surface area contributed by atoms with E-state index in [-0.39, 0.29) is 30.1 Å². The van der Waals surface area contributed by atoms with Crippen LogP contribution in [0.25, 0.3) is 0 Å². The molecule has 0 bridgehead atoms. The van der Waals surface area contributed by atoms with Crippen LogP contribution in [0.5, 0.6) is 0 Å². The van der Waals surface area contributed by atoms with Crippen LogP contribution < -0.4 is 5.32 Å². The summed E-state index contributed by atoms with van der Waals surface area (Å²) in [7, 11) is 0. The number of carbonyl (C=O) groups excluding carboxylic acids is 3. The number of ether oxygens (including phenoxy) is 2. The van der Waals surface area contributed by atoms with Crippen LogP contribution >= 0.6 is 11.8 Å². The lowest BCUT2D eigenvalue weighted by atomic mass is 10.2. The molecule has 0 saturated carbocycles. The molecule has 0 aromatic heterocycles. The lowest BCUT2D eigenvalue weighted by Crippen LogP contribution is -2.22. The first-order valence-electron chi connectivity index (χ1n) is 8.59. The molecule has 0 aliphatic rings. The minimum Gasteiger partial charge on any atom is -0.462 e. The molecule has 2 aromatic rings. The second-order valence-corrected chi connectivity index (χ2v) is 6.70. The number of hydrogen-bond acceptors (Lipinski definition) is 6. The number of halogens is 1. The Morgan fingerprint density at radius 1 is 1.04 bits per heavy atom. The van der Waals surface area contributed by atoms with Crippen LogP contribution in [-0.4, -0.2) is 36.8 Å². The normalized spacial score (nSPS) is 10.2. The predicted octanol–water partition coefficient (Wildman–Crippen LogP) is 3.67. The Hall–Kier alpha value is -2.87. The fourth-order valence-corrected chi connectivity index (χ4v) is 3.00. The van der Waals surface area contributed by atoms with Crippen LogP contribution in [0.15, 0.2) is 53.4 Å². The van der Waals surface area contributed by atoms with Crippen LogP contribution in [0.4, 0.5) is 10.1 Å². The smallest absolute Gasteiger partial charge is 0.340 e. The molecule has 1 amide bonds. The third-order valence-corrected chi connectivity index (χ3v) is 4.46. The van der Waals surface area contributed by atoms with Crippen LogP contribution in [0.3, 0.4) is 0 Å². The maximum absolute atomic E-state index is 12.8. The topological polar surface area (TPSA) is 81.7 Å². The van der Waals surface area contributed by atoms with E-state index in [4.69, 9.17) is 9.47 Å². The van der Waals surface area contributed by atoms with Crippen molar-refractivity contribution in [3.8, 4) is 0 Å². The van der Waals surface area contributed by atoms with Crippen molar-refractivity contribution >= 4 is 35.3 Å². The number of nitrogens with one attached hydrogen (secondary N) is 1. The average Bonchev–Trinajstić information content (AvgIpc) is 2.68. The van der Waals surface area contributed by atoms with Crippen molar-refractivity contribution < 1.29 is 28.2 Å². The van der Waals surface area contributed by atoms with Gasteiger partial charge in [0.1, 0.15) is 5.82 Å². The minimum atomic E-state index is -0.559. The van der Waals surface area contributed by atoms with Gasteiger partial charge in [-0.2, -0.15) is 0 Å². The summed E-state index contributed by atoms with van der Waals surface area (Å²) in [5.74, 6) is -1.51. The zero-order valence-corrected chi connectivity index (χ0v) is 16.1. The van der Waals surface area contributed by atoms with Gasteiger partial charge in [-0.3, -0.25) is 9.59 Å². The van der Waals surface area contributed by atoms with Crippen molar-refractivity contribution in [2.24, 2.45) is 0 Å². The zero-order chi connectivity index (χ0) is 20.4. The Morgan fingerprint density at radius 2 is 1.75 bits per heavy atom. The first kappa shape index (κ1) is 21.4. The van der Waals surface area contributed by atoms with Crippen molar-refractivity contribution in [2.45, 2.75) is 18.2 Å². The van der Waals surface area contributed by atoms with Crippen molar-refractivity contribution in [3.05, 3.63) is 59.9 Å². The van der Waals surface area contributed by atoms with Gasteiger partial charge < -0.3 is 14.8 Å². The van der Waals surface area contributed by atoms with Gasteiger partial charge in [0.25, 0.3) is 5.91 Å². The highest BCUT2D eigenvalue weighted by Crippen LogP contribution is 2.19. The van der Waals surface area contributed by atoms with E-state index >= 15 is 0 Å². The van der Waals surface area contributed by atoms with Gasteiger partial charge in [-0.05, 0) is 43.3 Å². The maximum Gasteiger partial charge on any atom is 0.340 e. The summed E-state index contributed by atoms with van der Waals surface area (Å²) in [6.07, 6.45) is 0.106. The fraction of sp³-hybridized carbons (Fsp3) is 0.250. The molecule has 0 heterocycles. The van der Waals surface area contributed by atoms with Gasteiger partial charge in [0.2, 0.25) is 0 Å². The van der Waals surface area contributed by atoms with E-state index in [1.807, 2.05) is 0 Å². The molecule has 6 nitrogen and oxygen atoms in total. The van der Waals surface area contributed by atoms with Crippen LogP contribution in [-0.2, 0) is 19.1 Å². The van der Waals surface area contributed by atoms with Gasteiger partial charge in [0.05, 0.1) is 24.3 Å². The molecule has 0 aliphatic carbocycles. The number of rotatable bonds is 9. The highest BCUT2D eigenvalue weighted by Gasteiger charge is 2.15. The van der Waals surface area contributed by atoms with Gasteiger partial charge in [-0.1, -0.05) is 12.1 Å². The molecule has 0 atom stereocenters. The Balaban J connectivity index is 1.75. The summed E-state index contributed by atoms with van der Waals surface area (Å²) in [4.78, 5) is 36.5. The van der Waals surface area contributed by atoms with Crippen molar-refractivity contribution in [1.82, 2.24) is 0 Å². The molecule has 2 aromatic carbocycles. The molecule has 0 aliphatic heterocycles. The van der Waals surface area contributed by atoms with E-state index in [1.165, 1.54) is 30.0 Å². The second kappa shape index (κ2) is 11.1. The van der Waals surface area contributed by atoms with Gasteiger partial charge in [-0.25, -0.2) is 9.18 Å². The van der Waals surface area contributed by atoms with Crippen molar-refractivity contribution in [2.75, 3.05) is 24.3 Å². The molecule has 2 rings (SSSR count). The van der Waals surface area contributed by atoms with Gasteiger partial charge in [0, 0.05) is 10.6 Å². The number of esters is 2. The molecule has 8 heteroatoms. The Bertz CT molecular complexity index is 826. The summed E-state index contributed by atoms with van der Waals surface area (Å²) >= 11 is 1.38. The number of carbonyl (C=O) groups is 3. The molecule has 0 unspecified atom stereocenters. The SMILES string of the molecule is CCOC(=O)c1ccccc1NC(=O)COC(=O)CCSc1ccc(F)cc1. The summed E-state index contributed by atoms with van der Waals surface area (Å²) in [5, 5.41) is 2.53. The zero-order valence-electron chi connectivity index (χ0n) is 15.3. The molecule has 28 heavy (non-hydrogen) atoms. The van der Waals surface area contributed by atoms with E-state index < -0.39 is 24.5 Å². The van der Waals surface area contributed by atoms with Crippen LogP contribution in [0, 0.1) is 5.82 Å². The number of amides is 1. The molecule has 0 radical (unpaired) electrons. The lowest BCUT2D eigenvalue weighted by Gasteiger charge is -2.10. The monoisotopic (exact) mass is 405 g/mol. The number of benzene rings is 2. The third-order valence-electron chi connectivity index (χ3n) is 3.45. The van der Waals surface area contributed by atoms with E-state index in [0.717, 1.165) is 4.90 Å². The number of thioether (sulfide) groups is 1. The molecule has 0 fully saturated rings. The first-order valence-corrected chi connectivity index (χ1v) is 9.58. The van der Waals surface area contributed by atoms with Crippen molar-refractivity contribution in [1.29, 1.82) is 0 Å². The lowest BCUT2D eigenvalue weighted by molar-refractivity contribution is -0.146. The number of para-hydroxylation sites is 1. The van der Waals surface area contributed by atoms with Gasteiger partial charge >= 0.3 is 11.9 Å². The Kier molecular flexibility index (Phi) is 8.48. The minimum absolute atomic E-state index is 0.106. The summed E-state index contributed by atoms with van der Waals surface area (Å²) in [6.45, 7) is 1.44. The van der Waals surface area contributed by atoms with Gasteiger partial charge in [-0.15, -0.1) is 11.8 Å². The summed E-state index contributed by atoms with van der Waals surface area (Å²) in [5.41, 5.74) is 0.508. The van der Waals surface area contributed by atoms with E-state index in [0.29, 0.717) is 5.75 Å². The predicted molar refractivity (Wildman–Crippen MR) is 104 cm³/mol. The fourth-order valence-electron chi connectivity index (χ4n) is 2.17. The highest BCUT2D eigenvalue weighted by atomic mass is 32.2. The van der Waals surface area contributed by atoms with E-state index in [1.54, 1.807) is 37.3 Å². The Morgan fingerprint density at radius 3 is 2.46 bits per heavy atom. The van der Waals surface area contributed by atoms with Crippen molar-refractivity contribution in [3.63, 3.8) is 0 Å². The molecule has 0 saturated heterocycles. The largest absolute Gasteiger partial charge is 0.462 e. The van der Waals surface area contributed by atoms with Crippen LogP contribution in [0.2, 0.25) is 0 Å². The van der Waals surface area contributed by atoms with E-state index in [9.17, 15) is 18.8 Å². The first-order chi connectivity index (χ1) is 13.5. The number of anilines is 1. The quantitative estimate of drug-likeness (QED) is 0.506. The number of hydrogen-bond donors (Lipinski definition) is 1. The van der Waals surface area contributed by atoms with E-state index in [2.05, 4.69) is 5.32 Å². The summed E-state index contributed by atoms with van der Waals surface area (Å²) in [6, 6.07) is 12.4. The second-order valence-electron chi connectivity index (χ2n) is 5.53. The van der Waals surface area contributed by atoms with Gasteiger partial charge in [0.15, 0.2) is 6.61 Å². The molecule has 148 valence electrons. The molecular weight excluding hydrogens is 385 g/mol. The highest BCUT2D eigenvalue weighted by molar-refractivity contribution is 7.99. The standard InChI is InChI=1S/C20H20FNO5S/c1-2-26-20(25)16-5-3-4-6-17(16)22-18(23)13-27-19(24)11-12-28-15-9-7-14(21)8-10-15/h3-10H,2,11-13H2,1H3,(H,22,23). The molecule has 1 N–H and O–H groups in total. The summed E-state index contributed by atoms with van der Waals surface area (Å²) < 4.78 is 22.7. The maximum atomic E-state index is 12.8.